The molecule has 1 rings (SSSR count). The average Bonchev–Trinajstić information content (AvgIpc) is 2.25. The number of aromatic nitrogens is 1. The molecular formula is C13H23NO4SSi. The molecule has 1 heterocycles. The Morgan fingerprint density at radius 3 is 2.25 bits per heavy atom. The van der Waals surface area contributed by atoms with Gasteiger partial charge in [-0.3, -0.25) is 9.17 Å². The summed E-state index contributed by atoms with van der Waals surface area (Å²) in [6.07, 6.45) is 2.63. The monoisotopic (exact) mass is 317 g/mol. The van der Waals surface area contributed by atoms with Crippen LogP contribution in [0.25, 0.3) is 0 Å². The van der Waals surface area contributed by atoms with Gasteiger partial charge in [0.25, 0.3) is 18.4 Å². The van der Waals surface area contributed by atoms with Crippen molar-refractivity contribution in [3.05, 3.63) is 24.0 Å². The van der Waals surface area contributed by atoms with Gasteiger partial charge in [-0.05, 0) is 30.3 Å². The fourth-order valence-corrected chi connectivity index (χ4v) is 2.52. The lowest BCUT2D eigenvalue weighted by Crippen LogP contribution is -2.43. The van der Waals surface area contributed by atoms with E-state index < -0.39 is 18.4 Å². The summed E-state index contributed by atoms with van der Waals surface area (Å²) >= 11 is 0. The Morgan fingerprint density at radius 1 is 1.25 bits per heavy atom. The Hall–Kier alpha value is -0.923. The molecule has 0 fully saturated rings. The first-order valence-electron chi connectivity index (χ1n) is 6.39. The highest BCUT2D eigenvalue weighted by Gasteiger charge is 2.38. The smallest absolute Gasteiger partial charge is 0.264 e. The molecule has 0 aliphatic heterocycles. The molecular weight excluding hydrogens is 294 g/mol. The summed E-state index contributed by atoms with van der Waals surface area (Å²) in [4.78, 5) is 4.16. The van der Waals surface area contributed by atoms with Crippen molar-refractivity contribution in [2.45, 2.75) is 45.5 Å². The number of hydrogen-bond donors (Lipinski definition) is 0. The van der Waals surface area contributed by atoms with E-state index in [9.17, 15) is 8.42 Å². The molecule has 7 heteroatoms. The number of hydrogen-bond acceptors (Lipinski definition) is 5. The highest BCUT2D eigenvalue weighted by molar-refractivity contribution is 7.85. The zero-order chi connectivity index (χ0) is 15.6. The van der Waals surface area contributed by atoms with E-state index in [0.717, 1.165) is 6.26 Å². The van der Waals surface area contributed by atoms with Gasteiger partial charge in [0.2, 0.25) is 0 Å². The van der Waals surface area contributed by atoms with Crippen LogP contribution in [0, 0.1) is 0 Å². The standard InChI is InChI=1S/C13H23NO4SSi/c1-13(2,3)20(5,6)18-12-8-7-11(14-9-12)10-17-19(4,15)16/h7-9H,10H2,1-6H3. The molecule has 20 heavy (non-hydrogen) atoms. The van der Waals surface area contributed by atoms with Crippen LogP contribution >= 0.6 is 0 Å². The third kappa shape index (κ3) is 5.22. The van der Waals surface area contributed by atoms with E-state index in [1.807, 2.05) is 0 Å². The Bertz CT molecular complexity index is 547. The van der Waals surface area contributed by atoms with Crippen LogP contribution in [0.1, 0.15) is 26.5 Å². The van der Waals surface area contributed by atoms with Gasteiger partial charge in [0, 0.05) is 0 Å². The molecule has 0 saturated heterocycles. The third-order valence-corrected chi connectivity index (χ3v) is 8.30. The maximum Gasteiger partial charge on any atom is 0.264 e. The summed E-state index contributed by atoms with van der Waals surface area (Å²) in [5.41, 5.74) is 0.554. The second kappa shape index (κ2) is 5.83. The quantitative estimate of drug-likeness (QED) is 0.617. The van der Waals surface area contributed by atoms with Crippen LogP contribution in [0.3, 0.4) is 0 Å². The molecule has 0 saturated carbocycles. The van der Waals surface area contributed by atoms with E-state index in [1.54, 1.807) is 18.3 Å². The van der Waals surface area contributed by atoms with Gasteiger partial charge >= 0.3 is 0 Å². The molecule has 0 N–H and O–H groups in total. The summed E-state index contributed by atoms with van der Waals surface area (Å²) in [6, 6.07) is 3.52. The second-order valence-electron chi connectivity index (χ2n) is 6.31. The van der Waals surface area contributed by atoms with Crippen molar-refractivity contribution >= 4 is 18.4 Å². The van der Waals surface area contributed by atoms with Crippen LogP contribution in [0.2, 0.25) is 18.1 Å². The Morgan fingerprint density at radius 2 is 1.85 bits per heavy atom. The zero-order valence-electron chi connectivity index (χ0n) is 12.9. The highest BCUT2D eigenvalue weighted by atomic mass is 32.2. The van der Waals surface area contributed by atoms with Crippen molar-refractivity contribution < 1.29 is 17.0 Å². The van der Waals surface area contributed by atoms with Crippen molar-refractivity contribution in [2.75, 3.05) is 6.26 Å². The van der Waals surface area contributed by atoms with Crippen LogP contribution in [0.4, 0.5) is 0 Å². The fourth-order valence-electron chi connectivity index (χ4n) is 1.17. The van der Waals surface area contributed by atoms with Gasteiger partial charge in [0.05, 0.1) is 18.1 Å². The second-order valence-corrected chi connectivity index (χ2v) is 12.7. The van der Waals surface area contributed by atoms with Crippen LogP contribution in [-0.4, -0.2) is 28.0 Å². The molecule has 1 aromatic rings. The van der Waals surface area contributed by atoms with Gasteiger partial charge in [-0.2, -0.15) is 8.42 Å². The minimum atomic E-state index is -3.44. The predicted octanol–water partition coefficient (Wildman–Crippen LogP) is 2.94. The van der Waals surface area contributed by atoms with Gasteiger partial charge in [0.15, 0.2) is 0 Å². The molecule has 114 valence electrons. The molecule has 0 amide bonds. The fraction of sp³-hybridized carbons (Fsp3) is 0.615. The molecule has 0 radical (unpaired) electrons. The van der Waals surface area contributed by atoms with Crippen molar-refractivity contribution in [1.29, 1.82) is 0 Å². The summed E-state index contributed by atoms with van der Waals surface area (Å²) in [5, 5.41) is 0.116. The maximum absolute atomic E-state index is 10.9. The summed E-state index contributed by atoms with van der Waals surface area (Å²) in [7, 11) is -5.32. The zero-order valence-corrected chi connectivity index (χ0v) is 14.7. The molecule has 0 aromatic carbocycles. The van der Waals surface area contributed by atoms with Gasteiger partial charge in [0.1, 0.15) is 12.4 Å². The lowest BCUT2D eigenvalue weighted by molar-refractivity contribution is 0.307. The van der Waals surface area contributed by atoms with E-state index in [4.69, 9.17) is 4.43 Å². The third-order valence-electron chi connectivity index (χ3n) is 3.40. The van der Waals surface area contributed by atoms with Crippen LogP contribution < -0.4 is 4.43 Å². The number of pyridine rings is 1. The highest BCUT2D eigenvalue weighted by Crippen LogP contribution is 2.37. The topological polar surface area (TPSA) is 65.5 Å². The van der Waals surface area contributed by atoms with E-state index in [1.165, 1.54) is 0 Å². The van der Waals surface area contributed by atoms with Crippen molar-refractivity contribution in [2.24, 2.45) is 0 Å². The van der Waals surface area contributed by atoms with Crippen LogP contribution in [-0.2, 0) is 20.9 Å². The Balaban J connectivity index is 2.73. The summed E-state index contributed by atoms with van der Waals surface area (Å²) < 4.78 is 32.6. The first-order valence-corrected chi connectivity index (χ1v) is 11.1. The first-order chi connectivity index (χ1) is 8.91. The molecule has 0 atom stereocenters. The Kier molecular flexibility index (Phi) is 4.99. The van der Waals surface area contributed by atoms with Crippen molar-refractivity contribution in [1.82, 2.24) is 4.98 Å². The molecule has 5 nitrogen and oxygen atoms in total. The maximum atomic E-state index is 10.9. The van der Waals surface area contributed by atoms with Gasteiger partial charge in [-0.15, -0.1) is 0 Å². The van der Waals surface area contributed by atoms with Crippen molar-refractivity contribution in [3.8, 4) is 5.75 Å². The molecule has 1 aromatic heterocycles. The molecule has 0 unspecified atom stereocenters. The van der Waals surface area contributed by atoms with E-state index in [2.05, 4.69) is 43.0 Å². The lowest BCUT2D eigenvalue weighted by atomic mass is 10.2. The van der Waals surface area contributed by atoms with E-state index >= 15 is 0 Å². The lowest BCUT2D eigenvalue weighted by Gasteiger charge is -2.36. The predicted molar refractivity (Wildman–Crippen MR) is 81.7 cm³/mol. The molecule has 0 bridgehead atoms. The van der Waals surface area contributed by atoms with E-state index in [-0.39, 0.29) is 11.6 Å². The summed E-state index contributed by atoms with van der Waals surface area (Å²) in [6.45, 7) is 10.8. The van der Waals surface area contributed by atoms with Crippen molar-refractivity contribution in [3.63, 3.8) is 0 Å². The van der Waals surface area contributed by atoms with Gasteiger partial charge < -0.3 is 4.43 Å². The summed E-state index contributed by atoms with van der Waals surface area (Å²) in [5.74, 6) is 0.708. The largest absolute Gasteiger partial charge is 0.542 e. The number of rotatable bonds is 5. The Labute approximate surface area is 122 Å². The molecule has 0 aliphatic rings. The minimum Gasteiger partial charge on any atom is -0.542 e. The van der Waals surface area contributed by atoms with Gasteiger partial charge in [-0.1, -0.05) is 20.8 Å². The normalized spacial score (nSPS) is 13.3. The van der Waals surface area contributed by atoms with Crippen LogP contribution in [0.5, 0.6) is 5.75 Å². The van der Waals surface area contributed by atoms with Crippen LogP contribution in [0.15, 0.2) is 18.3 Å². The SMILES string of the molecule is CC(C)(C)[Si](C)(C)Oc1ccc(COS(C)(=O)=O)nc1. The average molecular weight is 317 g/mol. The first kappa shape index (κ1) is 17.1. The van der Waals surface area contributed by atoms with Gasteiger partial charge in [-0.25, -0.2) is 0 Å². The number of nitrogens with zero attached hydrogens (tertiary/aromatic N) is 1. The minimum absolute atomic E-state index is 0.0563. The molecule has 0 aliphatic carbocycles. The molecule has 0 spiro atoms. The van der Waals surface area contributed by atoms with E-state index in [0.29, 0.717) is 11.4 Å².